The van der Waals surface area contributed by atoms with Crippen LogP contribution in [0.25, 0.3) is 11.3 Å². The fourth-order valence-electron chi connectivity index (χ4n) is 1.36. The average molecular weight is 399 g/mol. The molecule has 0 saturated carbocycles. The van der Waals surface area contributed by atoms with Gasteiger partial charge in [0.25, 0.3) is 0 Å². The van der Waals surface area contributed by atoms with Crippen molar-refractivity contribution in [3.8, 4) is 11.3 Å². The number of benzene rings is 1. The van der Waals surface area contributed by atoms with Gasteiger partial charge in [-0.25, -0.2) is 0 Å². The Morgan fingerprint density at radius 3 is 2.56 bits per heavy atom. The molecule has 0 aliphatic rings. The fourth-order valence-corrected chi connectivity index (χ4v) is 1.36. The number of hydrogen-bond acceptors (Lipinski definition) is 1. The van der Waals surface area contributed by atoms with Crippen molar-refractivity contribution in [1.29, 1.82) is 0 Å². The number of aromatic nitrogens is 2. The minimum Gasteiger partial charge on any atom is -0.347 e. The summed E-state index contributed by atoms with van der Waals surface area (Å²) in [5, 5.41) is 0. The Balaban J connectivity index is 0.00000128. The van der Waals surface area contributed by atoms with Crippen LogP contribution in [0.1, 0.15) is 5.69 Å². The number of hydrogen-bond donors (Lipinski definition) is 0. The summed E-state index contributed by atoms with van der Waals surface area (Å²) >= 11 is 0. The SMILES string of the molecule is Cc1c(-c2[c-]cc(F)cc2F)ncn1C.[Ir]. The number of rotatable bonds is 1. The maximum Gasteiger partial charge on any atom is 0.0837 e. The molecular formula is C11H9F2IrN2-. The minimum absolute atomic E-state index is 0. The minimum atomic E-state index is -0.642. The molecule has 0 aliphatic carbocycles. The molecule has 1 aromatic heterocycles. The number of halogens is 2. The van der Waals surface area contributed by atoms with Gasteiger partial charge in [0.15, 0.2) is 0 Å². The van der Waals surface area contributed by atoms with E-state index in [2.05, 4.69) is 11.1 Å². The predicted molar refractivity (Wildman–Crippen MR) is 52.1 cm³/mol. The average Bonchev–Trinajstić information content (AvgIpc) is 2.49. The summed E-state index contributed by atoms with van der Waals surface area (Å²) in [6, 6.07) is 4.49. The van der Waals surface area contributed by atoms with Crippen LogP contribution in [0.4, 0.5) is 8.78 Å². The maximum absolute atomic E-state index is 13.4. The molecule has 0 amide bonds. The quantitative estimate of drug-likeness (QED) is 0.674. The van der Waals surface area contributed by atoms with Crippen molar-refractivity contribution in [1.82, 2.24) is 9.55 Å². The van der Waals surface area contributed by atoms with Gasteiger partial charge in [-0.2, -0.15) is 0 Å². The van der Waals surface area contributed by atoms with Crippen molar-refractivity contribution < 1.29 is 28.9 Å². The van der Waals surface area contributed by atoms with Gasteiger partial charge < -0.3 is 4.57 Å². The summed E-state index contributed by atoms with van der Waals surface area (Å²) in [5.41, 5.74) is 1.52. The third-order valence-electron chi connectivity index (χ3n) is 2.33. The topological polar surface area (TPSA) is 17.8 Å². The van der Waals surface area contributed by atoms with Crippen LogP contribution in [0, 0.1) is 24.6 Å². The Labute approximate surface area is 106 Å². The number of nitrogens with zero attached hydrogens (tertiary/aromatic N) is 2. The molecule has 5 heteroatoms. The largest absolute Gasteiger partial charge is 0.347 e. The van der Waals surface area contributed by atoms with E-state index in [0.717, 1.165) is 17.8 Å². The Bertz CT molecular complexity index is 509. The molecule has 87 valence electrons. The molecule has 0 atom stereocenters. The van der Waals surface area contributed by atoms with E-state index in [1.807, 2.05) is 14.0 Å². The summed E-state index contributed by atoms with van der Waals surface area (Å²) in [4.78, 5) is 4.05. The molecule has 1 aromatic carbocycles. The van der Waals surface area contributed by atoms with Crippen molar-refractivity contribution in [2.45, 2.75) is 6.92 Å². The zero-order valence-electron chi connectivity index (χ0n) is 8.72. The Morgan fingerprint density at radius 2 is 2.06 bits per heavy atom. The number of aryl methyl sites for hydroxylation is 1. The molecular weight excluding hydrogens is 390 g/mol. The number of imidazole rings is 1. The third-order valence-corrected chi connectivity index (χ3v) is 2.33. The van der Waals surface area contributed by atoms with E-state index >= 15 is 0 Å². The van der Waals surface area contributed by atoms with Crippen LogP contribution >= 0.6 is 0 Å². The van der Waals surface area contributed by atoms with Crippen LogP contribution in [-0.2, 0) is 27.2 Å². The molecule has 1 heterocycles. The standard InChI is InChI=1S/C11H9F2N2.Ir/c1-7-11(14-6-15(7)2)9-4-3-8(12)5-10(9)13;/h3,5-6H,1-2H3;/q-1;. The van der Waals surface area contributed by atoms with E-state index in [9.17, 15) is 8.78 Å². The van der Waals surface area contributed by atoms with Gasteiger partial charge in [-0.15, -0.1) is 12.1 Å². The van der Waals surface area contributed by atoms with E-state index in [1.54, 1.807) is 10.9 Å². The van der Waals surface area contributed by atoms with Gasteiger partial charge in [0.05, 0.1) is 6.33 Å². The van der Waals surface area contributed by atoms with Gasteiger partial charge in [0.1, 0.15) is 0 Å². The van der Waals surface area contributed by atoms with Gasteiger partial charge in [-0.1, -0.05) is 11.6 Å². The molecule has 0 bridgehead atoms. The molecule has 0 spiro atoms. The first-order chi connectivity index (χ1) is 7.09. The van der Waals surface area contributed by atoms with E-state index in [-0.39, 0.29) is 25.7 Å². The first-order valence-corrected chi connectivity index (χ1v) is 4.44. The smallest absolute Gasteiger partial charge is 0.0837 e. The van der Waals surface area contributed by atoms with Gasteiger partial charge in [-0.05, 0) is 12.6 Å². The van der Waals surface area contributed by atoms with Crippen molar-refractivity contribution in [3.05, 3.63) is 41.9 Å². The second-order valence-electron chi connectivity index (χ2n) is 3.33. The van der Waals surface area contributed by atoms with Crippen LogP contribution in [0.3, 0.4) is 0 Å². The van der Waals surface area contributed by atoms with Gasteiger partial charge >= 0.3 is 0 Å². The van der Waals surface area contributed by atoms with Crippen molar-refractivity contribution >= 4 is 0 Å². The van der Waals surface area contributed by atoms with Crippen LogP contribution in [0.5, 0.6) is 0 Å². The van der Waals surface area contributed by atoms with Gasteiger partial charge in [-0.3, -0.25) is 13.8 Å². The van der Waals surface area contributed by atoms with Crippen LogP contribution in [-0.4, -0.2) is 9.55 Å². The molecule has 1 radical (unpaired) electrons. The second-order valence-corrected chi connectivity index (χ2v) is 3.33. The summed E-state index contributed by atoms with van der Waals surface area (Å²) in [6.45, 7) is 1.82. The predicted octanol–water partition coefficient (Wildman–Crippen LogP) is 2.47. The van der Waals surface area contributed by atoms with Crippen molar-refractivity contribution in [3.63, 3.8) is 0 Å². The van der Waals surface area contributed by atoms with E-state index < -0.39 is 11.6 Å². The molecule has 2 nitrogen and oxygen atoms in total. The van der Waals surface area contributed by atoms with Crippen LogP contribution in [0.2, 0.25) is 0 Å². The van der Waals surface area contributed by atoms with Crippen LogP contribution in [0.15, 0.2) is 18.5 Å². The molecule has 2 rings (SSSR count). The summed E-state index contributed by atoms with van der Waals surface area (Å²) in [7, 11) is 1.81. The first-order valence-electron chi connectivity index (χ1n) is 4.44. The Kier molecular flexibility index (Phi) is 3.94. The molecule has 0 N–H and O–H groups in total. The Morgan fingerprint density at radius 1 is 1.38 bits per heavy atom. The summed E-state index contributed by atoms with van der Waals surface area (Å²) < 4.78 is 27.8. The fraction of sp³-hybridized carbons (Fsp3) is 0.182. The van der Waals surface area contributed by atoms with E-state index in [4.69, 9.17) is 0 Å². The maximum atomic E-state index is 13.4. The van der Waals surface area contributed by atoms with E-state index in [1.165, 1.54) is 0 Å². The molecule has 2 aromatic rings. The van der Waals surface area contributed by atoms with E-state index in [0.29, 0.717) is 5.69 Å². The van der Waals surface area contributed by atoms with Gasteiger partial charge in [0, 0.05) is 44.5 Å². The molecule has 0 aliphatic heterocycles. The third kappa shape index (κ3) is 2.20. The van der Waals surface area contributed by atoms with Crippen molar-refractivity contribution in [2.24, 2.45) is 7.05 Å². The first kappa shape index (κ1) is 13.0. The van der Waals surface area contributed by atoms with Crippen molar-refractivity contribution in [2.75, 3.05) is 0 Å². The summed E-state index contributed by atoms with van der Waals surface area (Å²) in [5.74, 6) is -1.28. The monoisotopic (exact) mass is 400 g/mol. The molecule has 0 saturated heterocycles. The zero-order chi connectivity index (χ0) is 11.0. The zero-order valence-corrected chi connectivity index (χ0v) is 11.1. The molecule has 0 fully saturated rings. The summed E-state index contributed by atoms with van der Waals surface area (Å²) in [6.07, 6.45) is 1.58. The normalized spacial score (nSPS) is 10.0. The Hall–Kier alpha value is -1.06. The molecule has 16 heavy (non-hydrogen) atoms. The van der Waals surface area contributed by atoms with Gasteiger partial charge in [0.2, 0.25) is 0 Å². The molecule has 0 unspecified atom stereocenters. The second kappa shape index (κ2) is 4.85. The van der Waals surface area contributed by atoms with Crippen LogP contribution < -0.4 is 0 Å².